The minimum absolute atomic E-state index is 0.137. The highest BCUT2D eigenvalue weighted by Gasteiger charge is 2.21. The number of carbonyl (C=O) groups excluding carboxylic acids is 1. The van der Waals surface area contributed by atoms with Crippen LogP contribution in [0.3, 0.4) is 0 Å². The first-order valence-corrected chi connectivity index (χ1v) is 7.83. The first kappa shape index (κ1) is 17.7. The Bertz CT molecular complexity index is 681. The molecule has 2 rings (SSSR count). The lowest BCUT2D eigenvalue weighted by Gasteiger charge is -2.25. The van der Waals surface area contributed by atoms with Gasteiger partial charge in [0.1, 0.15) is 17.6 Å². The molecule has 0 radical (unpaired) electrons. The molecule has 0 aliphatic heterocycles. The van der Waals surface area contributed by atoms with Crippen molar-refractivity contribution in [1.29, 1.82) is 0 Å². The summed E-state index contributed by atoms with van der Waals surface area (Å²) in [6.07, 6.45) is 0. The summed E-state index contributed by atoms with van der Waals surface area (Å²) >= 11 is 0. The second kappa shape index (κ2) is 8.31. The van der Waals surface area contributed by atoms with Crippen LogP contribution in [0.2, 0.25) is 0 Å². The zero-order chi connectivity index (χ0) is 17.5. The maximum Gasteiger partial charge on any atom is 0.320 e. The molecule has 0 saturated heterocycles. The van der Waals surface area contributed by atoms with Gasteiger partial charge in [-0.3, -0.25) is 14.5 Å². The number of nitrogens with one attached hydrogen (secondary N) is 1. The van der Waals surface area contributed by atoms with Gasteiger partial charge < -0.3 is 14.8 Å². The fraction of sp³-hybridized carbons (Fsp3) is 0.333. The first-order valence-electron chi connectivity index (χ1n) is 7.83. The number of furan rings is 1. The summed E-state index contributed by atoms with van der Waals surface area (Å²) in [4.78, 5) is 24.0. The van der Waals surface area contributed by atoms with Gasteiger partial charge in [0.2, 0.25) is 5.91 Å². The minimum atomic E-state index is -0.910. The van der Waals surface area contributed by atoms with Crippen LogP contribution in [0.4, 0.5) is 0 Å². The number of carbonyl (C=O) groups is 2. The van der Waals surface area contributed by atoms with Crippen molar-refractivity contribution in [2.24, 2.45) is 0 Å². The summed E-state index contributed by atoms with van der Waals surface area (Å²) in [5.74, 6) is 0.384. The van der Waals surface area contributed by atoms with Crippen LogP contribution >= 0.6 is 0 Å². The van der Waals surface area contributed by atoms with Gasteiger partial charge in [-0.15, -0.1) is 0 Å². The lowest BCUT2D eigenvalue weighted by atomic mass is 10.2. The lowest BCUT2D eigenvalue weighted by molar-refractivity contribution is -0.142. The quantitative estimate of drug-likeness (QED) is 0.776. The molecule has 0 saturated carbocycles. The molecule has 2 N–H and O–H groups in total. The van der Waals surface area contributed by atoms with Crippen molar-refractivity contribution in [2.75, 3.05) is 13.1 Å². The van der Waals surface area contributed by atoms with Crippen LogP contribution in [0.25, 0.3) is 11.3 Å². The van der Waals surface area contributed by atoms with Gasteiger partial charge in [-0.1, -0.05) is 30.3 Å². The van der Waals surface area contributed by atoms with E-state index in [1.807, 2.05) is 42.5 Å². The van der Waals surface area contributed by atoms with Crippen molar-refractivity contribution in [3.63, 3.8) is 0 Å². The number of benzene rings is 1. The third-order valence-electron chi connectivity index (χ3n) is 3.76. The van der Waals surface area contributed by atoms with Gasteiger partial charge in [-0.25, -0.2) is 0 Å². The number of carboxylic acids is 1. The maximum atomic E-state index is 11.3. The molecule has 0 aliphatic rings. The largest absolute Gasteiger partial charge is 0.480 e. The molecule has 24 heavy (non-hydrogen) atoms. The third-order valence-corrected chi connectivity index (χ3v) is 3.76. The Hall–Kier alpha value is -2.60. The minimum Gasteiger partial charge on any atom is -0.480 e. The van der Waals surface area contributed by atoms with Gasteiger partial charge in [0, 0.05) is 25.6 Å². The summed E-state index contributed by atoms with van der Waals surface area (Å²) in [6.45, 7) is 4.23. The highest BCUT2D eigenvalue weighted by Crippen LogP contribution is 2.22. The molecule has 6 heteroatoms. The van der Waals surface area contributed by atoms with Crippen molar-refractivity contribution in [1.82, 2.24) is 10.2 Å². The fourth-order valence-electron chi connectivity index (χ4n) is 2.36. The van der Waals surface area contributed by atoms with Crippen LogP contribution in [-0.2, 0) is 16.1 Å². The lowest BCUT2D eigenvalue weighted by Crippen LogP contribution is -2.42. The molecule has 128 valence electrons. The van der Waals surface area contributed by atoms with Gasteiger partial charge in [0.15, 0.2) is 0 Å². The van der Waals surface area contributed by atoms with Crippen LogP contribution in [0.1, 0.15) is 19.6 Å². The van der Waals surface area contributed by atoms with E-state index in [9.17, 15) is 14.7 Å². The van der Waals surface area contributed by atoms with Gasteiger partial charge in [0.05, 0.1) is 6.54 Å². The molecule has 1 aromatic heterocycles. The summed E-state index contributed by atoms with van der Waals surface area (Å²) < 4.78 is 5.84. The number of hydrogen-bond acceptors (Lipinski definition) is 4. The Morgan fingerprint density at radius 3 is 2.54 bits per heavy atom. The maximum absolute atomic E-state index is 11.3. The van der Waals surface area contributed by atoms with E-state index < -0.39 is 12.0 Å². The van der Waals surface area contributed by atoms with Crippen LogP contribution in [-0.4, -0.2) is 41.0 Å². The summed E-state index contributed by atoms with van der Waals surface area (Å²) in [6, 6.07) is 12.8. The van der Waals surface area contributed by atoms with Crippen LogP contribution in [0.15, 0.2) is 46.9 Å². The van der Waals surface area contributed by atoms with Crippen molar-refractivity contribution in [3.8, 4) is 11.3 Å². The molecule has 2 aromatic rings. The Morgan fingerprint density at radius 2 is 1.92 bits per heavy atom. The predicted molar refractivity (Wildman–Crippen MR) is 90.3 cm³/mol. The van der Waals surface area contributed by atoms with Crippen molar-refractivity contribution in [2.45, 2.75) is 26.4 Å². The van der Waals surface area contributed by atoms with E-state index in [4.69, 9.17) is 4.42 Å². The van der Waals surface area contributed by atoms with E-state index in [1.165, 1.54) is 6.92 Å². The molecule has 0 bridgehead atoms. The average molecular weight is 330 g/mol. The monoisotopic (exact) mass is 330 g/mol. The number of nitrogens with zero attached hydrogens (tertiary/aromatic N) is 1. The fourth-order valence-corrected chi connectivity index (χ4v) is 2.36. The molecule has 0 aliphatic carbocycles. The van der Waals surface area contributed by atoms with E-state index >= 15 is 0 Å². The Labute approximate surface area is 141 Å². The highest BCUT2D eigenvalue weighted by atomic mass is 16.4. The molecular formula is C18H22N2O4. The molecule has 1 unspecified atom stereocenters. The summed E-state index contributed by atoms with van der Waals surface area (Å²) in [5, 5.41) is 11.9. The molecule has 1 aromatic carbocycles. The molecule has 1 amide bonds. The normalized spacial score (nSPS) is 12.1. The summed E-state index contributed by atoms with van der Waals surface area (Å²) in [5.41, 5.74) is 0.972. The zero-order valence-corrected chi connectivity index (χ0v) is 13.9. The highest BCUT2D eigenvalue weighted by molar-refractivity contribution is 5.73. The number of amides is 1. The SMILES string of the molecule is CC(=O)NCCN(Cc1ccc(-c2ccccc2)o1)C(C)C(=O)O. The Morgan fingerprint density at radius 1 is 1.21 bits per heavy atom. The molecule has 6 nitrogen and oxygen atoms in total. The van der Waals surface area contributed by atoms with E-state index in [2.05, 4.69) is 5.32 Å². The molecule has 1 atom stereocenters. The van der Waals surface area contributed by atoms with Gasteiger partial charge in [-0.05, 0) is 19.1 Å². The van der Waals surface area contributed by atoms with E-state index in [0.29, 0.717) is 25.4 Å². The zero-order valence-electron chi connectivity index (χ0n) is 13.9. The number of aliphatic carboxylic acids is 1. The van der Waals surface area contributed by atoms with Crippen molar-refractivity contribution >= 4 is 11.9 Å². The van der Waals surface area contributed by atoms with Crippen molar-refractivity contribution < 1.29 is 19.1 Å². The standard InChI is InChI=1S/C18H22N2O4/c1-13(18(22)23)20(11-10-19-14(2)21)12-16-8-9-17(24-16)15-6-4-3-5-7-15/h3-9,13H,10-12H2,1-2H3,(H,19,21)(H,22,23). The smallest absolute Gasteiger partial charge is 0.320 e. The predicted octanol–water partition coefficient (Wildman–Crippen LogP) is 2.36. The molecule has 0 spiro atoms. The second-order valence-electron chi connectivity index (χ2n) is 5.60. The van der Waals surface area contributed by atoms with Crippen LogP contribution in [0, 0.1) is 0 Å². The first-order chi connectivity index (χ1) is 11.5. The topological polar surface area (TPSA) is 82.8 Å². The number of carboxylic acid groups (broad SMARTS) is 1. The number of hydrogen-bond donors (Lipinski definition) is 2. The molecule has 0 fully saturated rings. The third kappa shape index (κ3) is 4.96. The molecule has 1 heterocycles. The molecular weight excluding hydrogens is 308 g/mol. The van der Waals surface area contributed by atoms with Crippen LogP contribution in [0.5, 0.6) is 0 Å². The van der Waals surface area contributed by atoms with E-state index in [1.54, 1.807) is 11.8 Å². The van der Waals surface area contributed by atoms with Gasteiger partial charge in [-0.2, -0.15) is 0 Å². The van der Waals surface area contributed by atoms with Gasteiger partial charge in [0.25, 0.3) is 0 Å². The summed E-state index contributed by atoms with van der Waals surface area (Å²) in [7, 11) is 0. The Kier molecular flexibility index (Phi) is 6.14. The number of rotatable bonds is 8. The average Bonchev–Trinajstić information content (AvgIpc) is 3.02. The van der Waals surface area contributed by atoms with E-state index in [0.717, 1.165) is 11.3 Å². The van der Waals surface area contributed by atoms with Crippen molar-refractivity contribution in [3.05, 3.63) is 48.2 Å². The second-order valence-corrected chi connectivity index (χ2v) is 5.60. The van der Waals surface area contributed by atoms with E-state index in [-0.39, 0.29) is 5.91 Å². The van der Waals surface area contributed by atoms with Crippen LogP contribution < -0.4 is 5.32 Å². The van der Waals surface area contributed by atoms with Gasteiger partial charge >= 0.3 is 5.97 Å². The Balaban J connectivity index is 2.07.